The number of hydrogen-bond donors (Lipinski definition) is 1. The fourth-order valence-electron chi connectivity index (χ4n) is 3.03. The van der Waals surface area contributed by atoms with Crippen LogP contribution < -0.4 is 11.0 Å². The Labute approximate surface area is 165 Å². The second kappa shape index (κ2) is 8.01. The number of nitrogens with one attached hydrogen (secondary N) is 1. The molecule has 0 fully saturated rings. The molecule has 0 aliphatic heterocycles. The van der Waals surface area contributed by atoms with Gasteiger partial charge in [0.2, 0.25) is 5.91 Å². The van der Waals surface area contributed by atoms with Crippen molar-refractivity contribution in [3.05, 3.63) is 64.1 Å². The molecule has 0 atom stereocenters. The van der Waals surface area contributed by atoms with Gasteiger partial charge in [0.15, 0.2) is 0 Å². The van der Waals surface area contributed by atoms with Crippen LogP contribution in [-0.2, 0) is 27.9 Å². The molecule has 9 heteroatoms. The highest BCUT2D eigenvalue weighted by atomic mass is 16.5. The summed E-state index contributed by atoms with van der Waals surface area (Å²) in [7, 11) is 4.04. The zero-order chi connectivity index (χ0) is 21.1. The fourth-order valence-corrected chi connectivity index (χ4v) is 3.03. The number of imidazole rings is 1. The third-order valence-corrected chi connectivity index (χ3v) is 4.41. The zero-order valence-corrected chi connectivity index (χ0v) is 16.1. The van der Waals surface area contributed by atoms with E-state index < -0.39 is 17.8 Å². The molecule has 0 radical (unpaired) electrons. The van der Waals surface area contributed by atoms with Crippen molar-refractivity contribution in [1.82, 2.24) is 9.13 Å². The number of methoxy groups -OCH3 is 2. The van der Waals surface area contributed by atoms with Gasteiger partial charge in [0.25, 0.3) is 0 Å². The molecule has 0 saturated carbocycles. The van der Waals surface area contributed by atoms with Crippen molar-refractivity contribution in [3.63, 3.8) is 0 Å². The van der Waals surface area contributed by atoms with Gasteiger partial charge in [-0.2, -0.15) is 0 Å². The maximum atomic E-state index is 12.6. The monoisotopic (exact) mass is 397 g/mol. The summed E-state index contributed by atoms with van der Waals surface area (Å²) in [5.41, 5.74) is 1.34. The molecule has 1 amide bonds. The number of nitrogens with zero attached hydrogens (tertiary/aromatic N) is 2. The number of ether oxygens (including phenoxy) is 2. The molecular formula is C20H19N3O6. The van der Waals surface area contributed by atoms with Gasteiger partial charge in [-0.25, -0.2) is 14.4 Å². The highest BCUT2D eigenvalue weighted by Crippen LogP contribution is 2.18. The van der Waals surface area contributed by atoms with E-state index in [1.807, 2.05) is 0 Å². The smallest absolute Gasteiger partial charge is 0.337 e. The summed E-state index contributed by atoms with van der Waals surface area (Å²) in [6, 6.07) is 11.2. The first kappa shape index (κ1) is 19.9. The minimum atomic E-state index is -0.670. The molecule has 0 aliphatic carbocycles. The minimum Gasteiger partial charge on any atom is -0.465 e. The SMILES string of the molecule is COC(=O)c1cc(NC(=O)Cn2c(=O)n(C)c3ccccc32)cc(C(=O)OC)c1. The predicted molar refractivity (Wildman–Crippen MR) is 105 cm³/mol. The Morgan fingerprint density at radius 2 is 1.48 bits per heavy atom. The number of amides is 1. The van der Waals surface area contributed by atoms with Gasteiger partial charge in [-0.15, -0.1) is 0 Å². The number of aryl methyl sites for hydroxylation is 1. The molecule has 1 N–H and O–H groups in total. The first-order chi connectivity index (χ1) is 13.8. The van der Waals surface area contributed by atoms with Gasteiger partial charge in [-0.3, -0.25) is 13.9 Å². The van der Waals surface area contributed by atoms with Crippen LogP contribution in [-0.4, -0.2) is 41.2 Å². The number of carbonyl (C=O) groups excluding carboxylic acids is 3. The normalized spacial score (nSPS) is 10.6. The molecule has 0 saturated heterocycles. The van der Waals surface area contributed by atoms with Crippen molar-refractivity contribution in [2.24, 2.45) is 7.05 Å². The first-order valence-electron chi connectivity index (χ1n) is 8.61. The van der Waals surface area contributed by atoms with E-state index in [0.717, 1.165) is 0 Å². The van der Waals surface area contributed by atoms with Gasteiger partial charge in [-0.1, -0.05) is 12.1 Å². The first-order valence-corrected chi connectivity index (χ1v) is 8.61. The third-order valence-electron chi connectivity index (χ3n) is 4.41. The number of esters is 2. The van der Waals surface area contributed by atoms with Crippen LogP contribution in [0.3, 0.4) is 0 Å². The van der Waals surface area contributed by atoms with E-state index in [4.69, 9.17) is 0 Å². The lowest BCUT2D eigenvalue weighted by molar-refractivity contribution is -0.116. The van der Waals surface area contributed by atoms with Gasteiger partial charge in [0.05, 0.1) is 36.4 Å². The molecule has 9 nitrogen and oxygen atoms in total. The highest BCUT2D eigenvalue weighted by molar-refractivity contribution is 5.99. The van der Waals surface area contributed by atoms with Gasteiger partial charge < -0.3 is 14.8 Å². The Morgan fingerprint density at radius 1 is 0.931 bits per heavy atom. The van der Waals surface area contributed by atoms with Crippen LogP contribution in [0, 0.1) is 0 Å². The standard InChI is InChI=1S/C20H19N3O6/c1-22-15-6-4-5-7-16(15)23(20(22)27)11-17(24)21-14-9-12(18(25)28-2)8-13(10-14)19(26)29-3/h4-10H,11H2,1-3H3,(H,21,24). The number of para-hydroxylation sites is 2. The predicted octanol–water partition coefficient (Wildman–Crippen LogP) is 1.55. The summed E-state index contributed by atoms with van der Waals surface area (Å²) in [6.07, 6.45) is 0. The maximum absolute atomic E-state index is 12.6. The zero-order valence-electron chi connectivity index (χ0n) is 16.1. The molecule has 2 aromatic carbocycles. The quantitative estimate of drug-likeness (QED) is 0.655. The average Bonchev–Trinajstić information content (AvgIpc) is 2.97. The van der Waals surface area contributed by atoms with E-state index >= 15 is 0 Å². The number of anilines is 1. The molecule has 1 heterocycles. The van der Waals surface area contributed by atoms with Crippen molar-refractivity contribution in [3.8, 4) is 0 Å². The van der Waals surface area contributed by atoms with Crippen molar-refractivity contribution in [2.45, 2.75) is 6.54 Å². The molecule has 0 bridgehead atoms. The van der Waals surface area contributed by atoms with Crippen LogP contribution in [0.5, 0.6) is 0 Å². The molecule has 0 spiro atoms. The van der Waals surface area contributed by atoms with Crippen LogP contribution in [0.2, 0.25) is 0 Å². The van der Waals surface area contributed by atoms with Gasteiger partial charge >= 0.3 is 17.6 Å². The summed E-state index contributed by atoms with van der Waals surface area (Å²) >= 11 is 0. The van der Waals surface area contributed by atoms with Crippen LogP contribution in [0.25, 0.3) is 11.0 Å². The Hall–Kier alpha value is -3.88. The minimum absolute atomic E-state index is 0.0769. The number of hydrogen-bond acceptors (Lipinski definition) is 6. The Kier molecular flexibility index (Phi) is 5.49. The topological polar surface area (TPSA) is 109 Å². The summed E-state index contributed by atoms with van der Waals surface area (Å²) in [4.78, 5) is 48.8. The molecule has 29 heavy (non-hydrogen) atoms. The second-order valence-corrected chi connectivity index (χ2v) is 6.25. The summed E-state index contributed by atoms with van der Waals surface area (Å²) in [5.74, 6) is -1.84. The van der Waals surface area contributed by atoms with Crippen LogP contribution in [0.1, 0.15) is 20.7 Å². The lowest BCUT2D eigenvalue weighted by atomic mass is 10.1. The van der Waals surface area contributed by atoms with Crippen LogP contribution in [0.15, 0.2) is 47.3 Å². The number of carbonyl (C=O) groups is 3. The molecule has 1 aromatic heterocycles. The van der Waals surface area contributed by atoms with Crippen LogP contribution in [0.4, 0.5) is 5.69 Å². The van der Waals surface area contributed by atoms with E-state index in [9.17, 15) is 19.2 Å². The van der Waals surface area contributed by atoms with E-state index in [0.29, 0.717) is 11.0 Å². The maximum Gasteiger partial charge on any atom is 0.337 e. The second-order valence-electron chi connectivity index (χ2n) is 6.25. The van der Waals surface area contributed by atoms with Crippen molar-refractivity contribution < 1.29 is 23.9 Å². The summed E-state index contributed by atoms with van der Waals surface area (Å²) in [6.45, 7) is -0.240. The number of benzene rings is 2. The van der Waals surface area contributed by atoms with Crippen molar-refractivity contribution in [1.29, 1.82) is 0 Å². The van der Waals surface area contributed by atoms with E-state index in [1.165, 1.54) is 41.6 Å². The fraction of sp³-hybridized carbons (Fsp3) is 0.200. The highest BCUT2D eigenvalue weighted by Gasteiger charge is 2.17. The largest absolute Gasteiger partial charge is 0.465 e. The van der Waals surface area contributed by atoms with Gasteiger partial charge in [-0.05, 0) is 30.3 Å². The summed E-state index contributed by atoms with van der Waals surface area (Å²) in [5, 5.41) is 2.61. The molecular weight excluding hydrogens is 378 g/mol. The summed E-state index contributed by atoms with van der Waals surface area (Å²) < 4.78 is 12.1. The van der Waals surface area contributed by atoms with Crippen LogP contribution >= 0.6 is 0 Å². The molecule has 150 valence electrons. The Balaban J connectivity index is 1.91. The lowest BCUT2D eigenvalue weighted by Crippen LogP contribution is -2.28. The van der Waals surface area contributed by atoms with Crippen molar-refractivity contribution in [2.75, 3.05) is 19.5 Å². The molecule has 0 aliphatic rings. The van der Waals surface area contributed by atoms with E-state index in [2.05, 4.69) is 14.8 Å². The van der Waals surface area contributed by atoms with Crippen molar-refractivity contribution >= 4 is 34.6 Å². The van der Waals surface area contributed by atoms with Gasteiger partial charge in [0, 0.05) is 12.7 Å². The molecule has 3 rings (SSSR count). The number of aromatic nitrogens is 2. The number of fused-ring (bicyclic) bond motifs is 1. The van der Waals surface area contributed by atoms with E-state index in [1.54, 1.807) is 31.3 Å². The number of rotatable bonds is 5. The van der Waals surface area contributed by atoms with Gasteiger partial charge in [0.1, 0.15) is 6.54 Å². The average molecular weight is 397 g/mol. The van der Waals surface area contributed by atoms with E-state index in [-0.39, 0.29) is 29.0 Å². The molecule has 0 unspecified atom stereocenters. The lowest BCUT2D eigenvalue weighted by Gasteiger charge is -2.10. The Morgan fingerprint density at radius 3 is 2.03 bits per heavy atom. The third kappa shape index (κ3) is 3.88. The molecule has 3 aromatic rings. The Bertz CT molecular complexity index is 1140.